The number of halogens is 1. The molecule has 7 heteroatoms. The fourth-order valence-corrected chi connectivity index (χ4v) is 2.39. The minimum atomic E-state index is -0.512. The predicted octanol–water partition coefficient (Wildman–Crippen LogP) is 3.50. The summed E-state index contributed by atoms with van der Waals surface area (Å²) in [5.74, 6) is 0.688. The smallest absolute Gasteiger partial charge is 0.344 e. The molecule has 0 N–H and O–H groups in total. The predicted molar refractivity (Wildman–Crippen MR) is 80.7 cm³/mol. The van der Waals surface area contributed by atoms with Crippen LogP contribution in [0.25, 0.3) is 11.3 Å². The zero-order valence-corrected chi connectivity index (χ0v) is 13.5. The molecule has 2 aromatic rings. The summed E-state index contributed by atoms with van der Waals surface area (Å²) in [4.78, 5) is 12.1. The monoisotopic (exact) mass is 325 g/mol. The van der Waals surface area contributed by atoms with E-state index in [9.17, 15) is 4.79 Å². The van der Waals surface area contributed by atoms with Gasteiger partial charge in [0.05, 0.1) is 25.8 Å². The van der Waals surface area contributed by atoms with Crippen molar-refractivity contribution in [2.75, 3.05) is 20.8 Å². The van der Waals surface area contributed by atoms with Crippen molar-refractivity contribution in [2.24, 2.45) is 0 Å². The first-order valence-electron chi connectivity index (χ1n) is 6.59. The van der Waals surface area contributed by atoms with Gasteiger partial charge in [0.2, 0.25) is 0 Å². The summed E-state index contributed by atoms with van der Waals surface area (Å²) in [7, 11) is 2.99. The highest BCUT2D eigenvalue weighted by atomic mass is 35.5. The third-order valence-corrected chi connectivity index (χ3v) is 3.46. The molecule has 0 radical (unpaired) electrons. The zero-order chi connectivity index (χ0) is 16.3. The van der Waals surface area contributed by atoms with E-state index in [4.69, 9.17) is 30.3 Å². The third kappa shape index (κ3) is 2.74. The molecule has 1 heterocycles. The molecule has 0 atom stereocenters. The summed E-state index contributed by atoms with van der Waals surface area (Å²) < 4.78 is 20.6. The van der Waals surface area contributed by atoms with Gasteiger partial charge in [-0.1, -0.05) is 16.8 Å². The fraction of sp³-hybridized carbons (Fsp3) is 0.333. The topological polar surface area (TPSA) is 70.8 Å². The lowest BCUT2D eigenvalue weighted by molar-refractivity contribution is 0.0525. The minimum absolute atomic E-state index is 0.246. The van der Waals surface area contributed by atoms with E-state index in [1.165, 1.54) is 14.2 Å². The maximum atomic E-state index is 12.1. The van der Waals surface area contributed by atoms with Crippen LogP contribution in [0.5, 0.6) is 11.5 Å². The van der Waals surface area contributed by atoms with Gasteiger partial charge in [-0.3, -0.25) is 0 Å². The number of aromatic nitrogens is 1. The number of carbonyl (C=O) groups is 1. The van der Waals surface area contributed by atoms with Gasteiger partial charge in [0, 0.05) is 5.56 Å². The molecular formula is C15H16ClNO5. The van der Waals surface area contributed by atoms with Crippen molar-refractivity contribution < 1.29 is 23.5 Å². The average molecular weight is 326 g/mol. The van der Waals surface area contributed by atoms with E-state index >= 15 is 0 Å². The van der Waals surface area contributed by atoms with Gasteiger partial charge < -0.3 is 18.7 Å². The van der Waals surface area contributed by atoms with Crippen LogP contribution in [0.3, 0.4) is 0 Å². The molecule has 118 valence electrons. The Hall–Kier alpha value is -2.21. The van der Waals surface area contributed by atoms with Crippen molar-refractivity contribution in [3.8, 4) is 22.8 Å². The molecule has 0 amide bonds. The van der Waals surface area contributed by atoms with Crippen LogP contribution in [-0.4, -0.2) is 32.0 Å². The van der Waals surface area contributed by atoms with Crippen molar-refractivity contribution >= 4 is 17.6 Å². The number of carbonyl (C=O) groups excluding carboxylic acids is 1. The zero-order valence-electron chi connectivity index (χ0n) is 12.7. The van der Waals surface area contributed by atoms with Gasteiger partial charge in [-0.25, -0.2) is 4.79 Å². The lowest BCUT2D eigenvalue weighted by atomic mass is 10.1. The van der Waals surface area contributed by atoms with Crippen LogP contribution in [0.2, 0.25) is 5.02 Å². The van der Waals surface area contributed by atoms with E-state index in [0.717, 1.165) is 0 Å². The van der Waals surface area contributed by atoms with E-state index in [1.54, 1.807) is 26.0 Å². The number of rotatable bonds is 5. The van der Waals surface area contributed by atoms with Gasteiger partial charge in [0.15, 0.2) is 11.5 Å². The molecule has 0 aliphatic carbocycles. The Morgan fingerprint density at radius 3 is 2.64 bits per heavy atom. The summed E-state index contributed by atoms with van der Waals surface area (Å²) in [5, 5.41) is 4.20. The van der Waals surface area contributed by atoms with Gasteiger partial charge in [-0.05, 0) is 26.0 Å². The second-order valence-electron chi connectivity index (χ2n) is 4.35. The van der Waals surface area contributed by atoms with Crippen molar-refractivity contribution in [2.45, 2.75) is 13.8 Å². The van der Waals surface area contributed by atoms with Gasteiger partial charge >= 0.3 is 5.97 Å². The summed E-state index contributed by atoms with van der Waals surface area (Å²) in [6.07, 6.45) is 0. The lowest BCUT2D eigenvalue weighted by Crippen LogP contribution is -2.07. The van der Waals surface area contributed by atoms with Crippen molar-refractivity contribution in [1.82, 2.24) is 5.16 Å². The van der Waals surface area contributed by atoms with Crippen LogP contribution in [0.1, 0.15) is 23.0 Å². The number of esters is 1. The highest BCUT2D eigenvalue weighted by Gasteiger charge is 2.26. The molecular weight excluding hydrogens is 310 g/mol. The Kier molecular flexibility index (Phi) is 4.92. The van der Waals surface area contributed by atoms with E-state index in [0.29, 0.717) is 28.5 Å². The van der Waals surface area contributed by atoms with Crippen LogP contribution in [0, 0.1) is 6.92 Å². The van der Waals surface area contributed by atoms with E-state index in [1.807, 2.05) is 0 Å². The molecule has 0 fully saturated rings. The van der Waals surface area contributed by atoms with Gasteiger partial charge in [0.1, 0.15) is 17.0 Å². The molecule has 0 saturated heterocycles. The summed E-state index contributed by atoms with van der Waals surface area (Å²) in [6, 6.07) is 3.36. The van der Waals surface area contributed by atoms with Crippen LogP contribution in [0.4, 0.5) is 0 Å². The molecule has 1 aromatic heterocycles. The van der Waals surface area contributed by atoms with E-state index < -0.39 is 5.97 Å². The van der Waals surface area contributed by atoms with Crippen LogP contribution < -0.4 is 9.47 Å². The Balaban J connectivity index is 2.61. The third-order valence-electron chi connectivity index (χ3n) is 3.08. The van der Waals surface area contributed by atoms with Gasteiger partial charge in [-0.15, -0.1) is 0 Å². The number of hydrogen-bond donors (Lipinski definition) is 0. The first-order chi connectivity index (χ1) is 10.5. The first kappa shape index (κ1) is 16.2. The largest absolute Gasteiger partial charge is 0.493 e. The second kappa shape index (κ2) is 6.70. The number of aryl methyl sites for hydroxylation is 1. The van der Waals surface area contributed by atoms with Crippen LogP contribution >= 0.6 is 11.6 Å². The highest BCUT2D eigenvalue weighted by molar-refractivity contribution is 6.35. The SMILES string of the molecule is CCOC(=O)c1c(-c2ccc(OC)c(OC)c2Cl)noc1C. The van der Waals surface area contributed by atoms with E-state index in [-0.39, 0.29) is 17.2 Å². The Bertz CT molecular complexity index is 695. The second-order valence-corrected chi connectivity index (χ2v) is 4.72. The molecule has 1 aromatic carbocycles. The first-order valence-corrected chi connectivity index (χ1v) is 6.97. The summed E-state index contributed by atoms with van der Waals surface area (Å²) in [6.45, 7) is 3.61. The maximum Gasteiger partial charge on any atom is 0.344 e. The van der Waals surface area contributed by atoms with Gasteiger partial charge in [-0.2, -0.15) is 0 Å². The number of nitrogens with zero attached hydrogens (tertiary/aromatic N) is 1. The van der Waals surface area contributed by atoms with Crippen LogP contribution in [0.15, 0.2) is 16.7 Å². The Labute approximate surface area is 132 Å². The molecule has 0 aliphatic rings. The van der Waals surface area contributed by atoms with Gasteiger partial charge in [0.25, 0.3) is 0 Å². The van der Waals surface area contributed by atoms with Crippen molar-refractivity contribution in [3.05, 3.63) is 28.5 Å². The molecule has 0 bridgehead atoms. The van der Waals surface area contributed by atoms with Crippen molar-refractivity contribution in [3.63, 3.8) is 0 Å². The maximum absolute atomic E-state index is 12.1. The summed E-state index contributed by atoms with van der Waals surface area (Å²) in [5.41, 5.74) is 1.05. The lowest BCUT2D eigenvalue weighted by Gasteiger charge is -2.12. The Morgan fingerprint density at radius 1 is 1.32 bits per heavy atom. The molecule has 6 nitrogen and oxygen atoms in total. The quantitative estimate of drug-likeness (QED) is 0.784. The van der Waals surface area contributed by atoms with Crippen molar-refractivity contribution in [1.29, 1.82) is 0 Å². The average Bonchev–Trinajstić information content (AvgIpc) is 2.88. The highest BCUT2D eigenvalue weighted by Crippen LogP contribution is 2.42. The standard InChI is InChI=1S/C15H16ClNO5/c1-5-21-15(18)11-8(2)22-17-13(11)9-6-7-10(19-3)14(20-4)12(9)16/h6-7H,5H2,1-4H3. The number of methoxy groups -OCH3 is 2. The normalized spacial score (nSPS) is 10.4. The Morgan fingerprint density at radius 2 is 2.05 bits per heavy atom. The van der Waals surface area contributed by atoms with Crippen LogP contribution in [-0.2, 0) is 4.74 Å². The molecule has 0 saturated carbocycles. The molecule has 0 spiro atoms. The number of ether oxygens (including phenoxy) is 3. The molecule has 0 unspecified atom stereocenters. The number of hydrogen-bond acceptors (Lipinski definition) is 6. The fourth-order valence-electron chi connectivity index (χ4n) is 2.07. The molecule has 22 heavy (non-hydrogen) atoms. The number of benzene rings is 1. The molecule has 2 rings (SSSR count). The summed E-state index contributed by atoms with van der Waals surface area (Å²) >= 11 is 6.35. The van der Waals surface area contributed by atoms with E-state index in [2.05, 4.69) is 5.16 Å². The minimum Gasteiger partial charge on any atom is -0.493 e. The molecule has 0 aliphatic heterocycles.